The van der Waals surface area contributed by atoms with E-state index in [1.807, 2.05) is 32.0 Å². The van der Waals surface area contributed by atoms with Crippen LogP contribution in [0.25, 0.3) is 0 Å². The quantitative estimate of drug-likeness (QED) is 0.618. The first-order chi connectivity index (χ1) is 9.49. The molecule has 2 aromatic rings. The van der Waals surface area contributed by atoms with Crippen molar-refractivity contribution in [1.82, 2.24) is 0 Å². The van der Waals surface area contributed by atoms with Gasteiger partial charge in [0, 0.05) is 11.1 Å². The summed E-state index contributed by atoms with van der Waals surface area (Å²) in [5.74, 6) is 0.752. The molecule has 0 fully saturated rings. The van der Waals surface area contributed by atoms with E-state index in [4.69, 9.17) is 16.3 Å². The van der Waals surface area contributed by atoms with Crippen LogP contribution in [0.15, 0.2) is 36.4 Å². The molecule has 0 saturated carbocycles. The third kappa shape index (κ3) is 3.08. The maximum absolute atomic E-state index is 11.0. The average molecular weight is 292 g/mol. The Hall–Kier alpha value is -2.07. The van der Waals surface area contributed by atoms with E-state index in [0.29, 0.717) is 10.6 Å². The van der Waals surface area contributed by atoms with Crippen molar-refractivity contribution < 1.29 is 9.66 Å². The molecule has 0 atom stereocenters. The lowest BCUT2D eigenvalue weighted by atomic mass is 10.1. The van der Waals surface area contributed by atoms with Crippen LogP contribution in [0.3, 0.4) is 0 Å². The lowest BCUT2D eigenvalue weighted by molar-refractivity contribution is -0.385. The molecule has 104 valence electrons. The zero-order valence-corrected chi connectivity index (χ0v) is 12.0. The Morgan fingerprint density at radius 2 is 1.85 bits per heavy atom. The highest BCUT2D eigenvalue weighted by atomic mass is 35.5. The van der Waals surface area contributed by atoms with Crippen molar-refractivity contribution in [2.75, 3.05) is 0 Å². The van der Waals surface area contributed by atoms with E-state index in [-0.39, 0.29) is 12.3 Å². The van der Waals surface area contributed by atoms with Crippen LogP contribution in [-0.2, 0) is 6.61 Å². The molecule has 0 aliphatic heterocycles. The number of benzene rings is 2. The summed E-state index contributed by atoms with van der Waals surface area (Å²) in [4.78, 5) is 10.6. The van der Waals surface area contributed by atoms with Crippen molar-refractivity contribution in [3.8, 4) is 5.75 Å². The van der Waals surface area contributed by atoms with Gasteiger partial charge in [-0.25, -0.2) is 0 Å². The number of nitrogens with zero attached hydrogens (tertiary/aromatic N) is 1. The second-order valence-corrected chi connectivity index (χ2v) is 4.98. The monoisotopic (exact) mass is 291 g/mol. The minimum atomic E-state index is -0.431. The summed E-state index contributed by atoms with van der Waals surface area (Å²) in [6, 6.07) is 10.3. The van der Waals surface area contributed by atoms with Crippen LogP contribution in [0, 0.1) is 24.0 Å². The first-order valence-corrected chi connectivity index (χ1v) is 6.48. The van der Waals surface area contributed by atoms with Crippen molar-refractivity contribution in [3.05, 3.63) is 68.2 Å². The standard InChI is InChI=1S/C15H14ClNO3/c1-10-4-3-5-11(2)15(10)20-9-12-8-13(16)6-7-14(12)17(18)19/h3-8H,9H2,1-2H3. The first kappa shape index (κ1) is 14.3. The number of aryl methyl sites for hydroxylation is 2. The number of rotatable bonds is 4. The summed E-state index contributed by atoms with van der Waals surface area (Å²) in [6.07, 6.45) is 0. The molecule has 20 heavy (non-hydrogen) atoms. The molecule has 0 heterocycles. The Morgan fingerprint density at radius 3 is 2.45 bits per heavy atom. The van der Waals surface area contributed by atoms with Crippen molar-refractivity contribution in [2.45, 2.75) is 20.5 Å². The Bertz CT molecular complexity index is 635. The van der Waals surface area contributed by atoms with Crippen molar-refractivity contribution >= 4 is 17.3 Å². The maximum Gasteiger partial charge on any atom is 0.276 e. The Balaban J connectivity index is 2.27. The second-order valence-electron chi connectivity index (χ2n) is 4.54. The molecule has 0 amide bonds. The second kappa shape index (κ2) is 5.92. The van der Waals surface area contributed by atoms with E-state index in [0.717, 1.165) is 16.9 Å². The summed E-state index contributed by atoms with van der Waals surface area (Å²) in [6.45, 7) is 3.99. The highest BCUT2D eigenvalue weighted by molar-refractivity contribution is 6.30. The van der Waals surface area contributed by atoms with E-state index in [1.54, 1.807) is 6.07 Å². The summed E-state index contributed by atoms with van der Waals surface area (Å²) < 4.78 is 5.74. The van der Waals surface area contributed by atoms with E-state index in [2.05, 4.69) is 0 Å². The smallest absolute Gasteiger partial charge is 0.276 e. The van der Waals surface area contributed by atoms with Gasteiger partial charge in [0.2, 0.25) is 0 Å². The summed E-state index contributed by atoms with van der Waals surface area (Å²) in [7, 11) is 0. The molecule has 0 radical (unpaired) electrons. The Labute approximate surface area is 122 Å². The van der Waals surface area contributed by atoms with Crippen LogP contribution < -0.4 is 4.74 Å². The molecular weight excluding hydrogens is 278 g/mol. The number of para-hydroxylation sites is 1. The molecule has 0 unspecified atom stereocenters. The Morgan fingerprint density at radius 1 is 1.20 bits per heavy atom. The predicted molar refractivity (Wildman–Crippen MR) is 78.4 cm³/mol. The molecule has 0 bridgehead atoms. The lowest BCUT2D eigenvalue weighted by Gasteiger charge is -2.12. The van der Waals surface area contributed by atoms with E-state index >= 15 is 0 Å². The fourth-order valence-electron chi connectivity index (χ4n) is 2.02. The van der Waals surface area contributed by atoms with Gasteiger partial charge in [0.25, 0.3) is 5.69 Å². The molecule has 0 spiro atoms. The molecule has 2 aromatic carbocycles. The summed E-state index contributed by atoms with van der Waals surface area (Å²) in [5, 5.41) is 11.4. The number of halogens is 1. The zero-order valence-electron chi connectivity index (χ0n) is 11.2. The fourth-order valence-corrected chi connectivity index (χ4v) is 2.22. The fraction of sp³-hybridized carbons (Fsp3) is 0.200. The van der Waals surface area contributed by atoms with E-state index in [1.165, 1.54) is 12.1 Å². The number of nitro groups is 1. The van der Waals surface area contributed by atoms with Gasteiger partial charge in [-0.05, 0) is 37.1 Å². The van der Waals surface area contributed by atoms with Gasteiger partial charge < -0.3 is 4.74 Å². The van der Waals surface area contributed by atoms with Gasteiger partial charge in [0.05, 0.1) is 10.5 Å². The van der Waals surface area contributed by atoms with Crippen molar-refractivity contribution in [2.24, 2.45) is 0 Å². The zero-order chi connectivity index (χ0) is 14.7. The van der Waals surface area contributed by atoms with Gasteiger partial charge in [-0.2, -0.15) is 0 Å². The average Bonchev–Trinajstić information content (AvgIpc) is 2.37. The Kier molecular flexibility index (Phi) is 4.25. The molecule has 0 aromatic heterocycles. The molecule has 0 N–H and O–H groups in total. The molecule has 0 saturated heterocycles. The highest BCUT2D eigenvalue weighted by Crippen LogP contribution is 2.27. The molecule has 0 aliphatic rings. The topological polar surface area (TPSA) is 52.4 Å². The van der Waals surface area contributed by atoms with Gasteiger partial charge in [-0.15, -0.1) is 0 Å². The van der Waals surface area contributed by atoms with Crippen LogP contribution in [-0.4, -0.2) is 4.92 Å². The van der Waals surface area contributed by atoms with Gasteiger partial charge in [-0.1, -0.05) is 29.8 Å². The third-order valence-corrected chi connectivity index (χ3v) is 3.25. The van der Waals surface area contributed by atoms with Gasteiger partial charge in [0.1, 0.15) is 12.4 Å². The third-order valence-electron chi connectivity index (χ3n) is 3.02. The summed E-state index contributed by atoms with van der Waals surface area (Å²) >= 11 is 5.89. The number of nitro benzene ring substituents is 1. The largest absolute Gasteiger partial charge is 0.488 e. The van der Waals surface area contributed by atoms with Crippen molar-refractivity contribution in [3.63, 3.8) is 0 Å². The molecule has 4 nitrogen and oxygen atoms in total. The number of hydrogen-bond acceptors (Lipinski definition) is 3. The number of ether oxygens (including phenoxy) is 1. The van der Waals surface area contributed by atoms with Crippen LogP contribution in [0.2, 0.25) is 5.02 Å². The van der Waals surface area contributed by atoms with E-state index in [9.17, 15) is 10.1 Å². The minimum Gasteiger partial charge on any atom is -0.488 e. The molecule has 5 heteroatoms. The van der Waals surface area contributed by atoms with Crippen molar-refractivity contribution in [1.29, 1.82) is 0 Å². The first-order valence-electron chi connectivity index (χ1n) is 6.11. The maximum atomic E-state index is 11.0. The van der Waals surface area contributed by atoms with Crippen LogP contribution in [0.4, 0.5) is 5.69 Å². The van der Waals surface area contributed by atoms with Gasteiger partial charge in [-0.3, -0.25) is 10.1 Å². The van der Waals surface area contributed by atoms with Crippen LogP contribution in [0.1, 0.15) is 16.7 Å². The van der Waals surface area contributed by atoms with Crippen LogP contribution >= 0.6 is 11.6 Å². The minimum absolute atomic E-state index is 0.0145. The predicted octanol–water partition coefficient (Wildman–Crippen LogP) is 4.44. The number of hydrogen-bond donors (Lipinski definition) is 0. The summed E-state index contributed by atoms with van der Waals surface area (Å²) in [5.41, 5.74) is 2.47. The van der Waals surface area contributed by atoms with Gasteiger partial charge >= 0.3 is 0 Å². The van der Waals surface area contributed by atoms with Crippen LogP contribution in [0.5, 0.6) is 5.75 Å². The SMILES string of the molecule is Cc1cccc(C)c1OCc1cc(Cl)ccc1[N+](=O)[O-]. The lowest BCUT2D eigenvalue weighted by Crippen LogP contribution is -2.02. The molecule has 2 rings (SSSR count). The normalized spacial score (nSPS) is 10.3. The molecule has 0 aliphatic carbocycles. The van der Waals surface area contributed by atoms with Gasteiger partial charge in [0.15, 0.2) is 0 Å². The highest BCUT2D eigenvalue weighted by Gasteiger charge is 2.15. The van der Waals surface area contributed by atoms with E-state index < -0.39 is 4.92 Å². The molecular formula is C15H14ClNO3.